The van der Waals surface area contributed by atoms with Crippen molar-refractivity contribution >= 4 is 33.5 Å². The highest BCUT2D eigenvalue weighted by atomic mass is 35.5. The molecule has 1 unspecified atom stereocenters. The quantitative estimate of drug-likeness (QED) is 0.860. The summed E-state index contributed by atoms with van der Waals surface area (Å²) in [6, 6.07) is 4.59. The average Bonchev–Trinajstić information content (AvgIpc) is 2.47. The minimum atomic E-state index is -4.09. The molecule has 1 aliphatic carbocycles. The molecule has 0 spiro atoms. The van der Waals surface area contributed by atoms with Crippen molar-refractivity contribution in [3.05, 3.63) is 41.7 Å². The van der Waals surface area contributed by atoms with E-state index < -0.39 is 27.1 Å². The van der Waals surface area contributed by atoms with Gasteiger partial charge in [0.05, 0.1) is 11.3 Å². The highest BCUT2D eigenvalue weighted by Gasteiger charge is 2.38. The number of hydrogen-bond donors (Lipinski definition) is 1. The number of sulfonamides is 1. The van der Waals surface area contributed by atoms with Crippen LogP contribution in [0.1, 0.15) is 19.3 Å². The summed E-state index contributed by atoms with van der Waals surface area (Å²) in [5.41, 5.74) is -0.109. The molecule has 8 heteroatoms. The number of nitrogens with zero attached hydrogens (tertiary/aromatic N) is 1. The van der Waals surface area contributed by atoms with Crippen LogP contribution in [-0.4, -0.2) is 24.7 Å². The number of carboxylic acids is 1. The van der Waals surface area contributed by atoms with E-state index in [-0.39, 0.29) is 17.7 Å². The van der Waals surface area contributed by atoms with Gasteiger partial charge in [0.25, 0.3) is 10.0 Å². The Morgan fingerprint density at radius 3 is 2.52 bits per heavy atom. The van der Waals surface area contributed by atoms with E-state index in [1.807, 2.05) is 0 Å². The molecular weight excluding hydrogens is 321 g/mol. The van der Waals surface area contributed by atoms with Crippen LogP contribution < -0.4 is 3.82 Å². The average molecular weight is 334 g/mol. The molecule has 0 saturated heterocycles. The van der Waals surface area contributed by atoms with Crippen LogP contribution in [0.2, 0.25) is 0 Å². The predicted octanol–water partition coefficient (Wildman–Crippen LogP) is 2.68. The first-order valence-electron chi connectivity index (χ1n) is 6.23. The van der Waals surface area contributed by atoms with E-state index >= 15 is 0 Å². The molecule has 1 atom stereocenters. The van der Waals surface area contributed by atoms with Gasteiger partial charge in [-0.2, -0.15) is 3.82 Å². The van der Waals surface area contributed by atoms with Gasteiger partial charge in [0.15, 0.2) is 0 Å². The normalized spacial score (nSPS) is 19.0. The summed E-state index contributed by atoms with van der Waals surface area (Å²) in [6.07, 6.45) is 2.68. The van der Waals surface area contributed by atoms with Crippen molar-refractivity contribution < 1.29 is 22.7 Å². The number of anilines is 1. The van der Waals surface area contributed by atoms with E-state index in [0.717, 1.165) is 12.1 Å². The minimum absolute atomic E-state index is 0.0633. The van der Waals surface area contributed by atoms with Crippen molar-refractivity contribution in [2.45, 2.75) is 24.5 Å². The van der Waals surface area contributed by atoms with Crippen molar-refractivity contribution in [3.63, 3.8) is 0 Å². The van der Waals surface area contributed by atoms with Crippen molar-refractivity contribution in [2.75, 3.05) is 3.82 Å². The molecule has 1 aromatic rings. The maximum atomic E-state index is 12.9. The smallest absolute Gasteiger partial charge is 0.332 e. The third-order valence-electron chi connectivity index (χ3n) is 3.24. The zero-order valence-corrected chi connectivity index (χ0v) is 12.4. The Bertz CT molecular complexity index is 672. The molecule has 1 N–H and O–H groups in total. The van der Waals surface area contributed by atoms with Gasteiger partial charge in [0.2, 0.25) is 0 Å². The van der Waals surface area contributed by atoms with E-state index in [1.165, 1.54) is 18.2 Å². The molecule has 21 heavy (non-hydrogen) atoms. The molecule has 1 aliphatic rings. The van der Waals surface area contributed by atoms with Crippen molar-refractivity contribution in [1.82, 2.24) is 0 Å². The summed E-state index contributed by atoms with van der Waals surface area (Å²) < 4.78 is 38.3. The highest BCUT2D eigenvalue weighted by Crippen LogP contribution is 2.31. The second-order valence-electron chi connectivity index (χ2n) is 4.62. The van der Waals surface area contributed by atoms with Gasteiger partial charge in [-0.1, -0.05) is 6.08 Å². The van der Waals surface area contributed by atoms with Gasteiger partial charge in [-0.25, -0.2) is 17.6 Å². The van der Waals surface area contributed by atoms with Gasteiger partial charge in [-0.15, -0.1) is 0 Å². The van der Waals surface area contributed by atoms with E-state index in [4.69, 9.17) is 16.9 Å². The lowest BCUT2D eigenvalue weighted by Gasteiger charge is -2.26. The third-order valence-corrected chi connectivity index (χ3v) is 5.88. The van der Waals surface area contributed by atoms with Crippen LogP contribution in [0.5, 0.6) is 0 Å². The van der Waals surface area contributed by atoms with Gasteiger partial charge >= 0.3 is 5.97 Å². The first-order valence-corrected chi connectivity index (χ1v) is 8.07. The summed E-state index contributed by atoms with van der Waals surface area (Å²) >= 11 is 5.86. The molecule has 5 nitrogen and oxygen atoms in total. The molecule has 0 heterocycles. The van der Waals surface area contributed by atoms with E-state index in [0.29, 0.717) is 16.7 Å². The monoisotopic (exact) mass is 333 g/mol. The standard InChI is InChI=1S/C13H13ClFNO4S/c14-16(10-7-5-9(15)6-8-10)21(19,20)12-4-2-1-3-11(12)13(17)18/h3,5-8,12H,1-2,4H2,(H,17,18). The number of benzene rings is 1. The van der Waals surface area contributed by atoms with Crippen LogP contribution in [0.15, 0.2) is 35.9 Å². The molecule has 0 saturated carbocycles. The molecule has 0 radical (unpaired) electrons. The maximum Gasteiger partial charge on any atom is 0.332 e. The first-order chi connectivity index (χ1) is 9.84. The molecule has 0 aliphatic heterocycles. The lowest BCUT2D eigenvalue weighted by Crippen LogP contribution is -2.37. The topological polar surface area (TPSA) is 74.7 Å². The second-order valence-corrected chi connectivity index (χ2v) is 7.12. The Labute approximate surface area is 126 Å². The molecule has 0 fully saturated rings. The lowest BCUT2D eigenvalue weighted by molar-refractivity contribution is -0.132. The van der Waals surface area contributed by atoms with Gasteiger partial charge in [-0.3, -0.25) is 0 Å². The fraction of sp³-hybridized carbons (Fsp3) is 0.308. The van der Waals surface area contributed by atoms with Gasteiger partial charge in [0, 0.05) is 11.8 Å². The molecule has 2 rings (SSSR count). The number of rotatable bonds is 4. The number of allylic oxidation sites excluding steroid dienone is 1. The number of carboxylic acid groups (broad SMARTS) is 1. The van der Waals surface area contributed by atoms with Crippen LogP contribution in [0, 0.1) is 5.82 Å². The van der Waals surface area contributed by atoms with E-state index in [2.05, 4.69) is 0 Å². The first kappa shape index (κ1) is 15.8. The van der Waals surface area contributed by atoms with Crippen LogP contribution in [-0.2, 0) is 14.8 Å². The lowest BCUT2D eigenvalue weighted by atomic mass is 9.99. The Balaban J connectivity index is 2.36. The molecule has 0 amide bonds. The number of carbonyl (C=O) groups is 1. The summed E-state index contributed by atoms with van der Waals surface area (Å²) in [7, 11) is -4.09. The third kappa shape index (κ3) is 3.19. The second kappa shape index (κ2) is 6.03. The van der Waals surface area contributed by atoms with Crippen molar-refractivity contribution in [3.8, 4) is 0 Å². The largest absolute Gasteiger partial charge is 0.478 e. The van der Waals surface area contributed by atoms with Gasteiger partial charge in [0.1, 0.15) is 11.1 Å². The van der Waals surface area contributed by atoms with Gasteiger partial charge in [-0.05, 0) is 43.5 Å². The summed E-state index contributed by atoms with van der Waals surface area (Å²) in [4.78, 5) is 11.2. The van der Waals surface area contributed by atoms with Crippen LogP contribution in [0.3, 0.4) is 0 Å². The van der Waals surface area contributed by atoms with Crippen LogP contribution in [0.4, 0.5) is 10.1 Å². The fourth-order valence-electron chi connectivity index (χ4n) is 2.20. The Kier molecular flexibility index (Phi) is 4.53. The maximum absolute atomic E-state index is 12.9. The number of aliphatic carboxylic acids is 1. The summed E-state index contributed by atoms with van der Waals surface area (Å²) in [5, 5.41) is 7.91. The number of hydrogen-bond acceptors (Lipinski definition) is 3. The predicted molar refractivity (Wildman–Crippen MR) is 77.0 cm³/mol. The van der Waals surface area contributed by atoms with Crippen LogP contribution in [0.25, 0.3) is 0 Å². The Morgan fingerprint density at radius 2 is 1.95 bits per heavy atom. The molecule has 114 valence electrons. The molecule has 0 bridgehead atoms. The fourth-order valence-corrected chi connectivity index (χ4v) is 4.22. The molecule has 1 aromatic carbocycles. The molecular formula is C13H13ClFNO4S. The van der Waals surface area contributed by atoms with Crippen LogP contribution >= 0.6 is 11.8 Å². The highest BCUT2D eigenvalue weighted by molar-refractivity contribution is 7.94. The van der Waals surface area contributed by atoms with Crippen molar-refractivity contribution in [1.29, 1.82) is 0 Å². The van der Waals surface area contributed by atoms with E-state index in [1.54, 1.807) is 0 Å². The SMILES string of the molecule is O=C(O)C1=CCCCC1S(=O)(=O)N(Cl)c1ccc(F)cc1. The summed E-state index contributed by atoms with van der Waals surface area (Å²) in [6.45, 7) is 0. The Morgan fingerprint density at radius 1 is 1.33 bits per heavy atom. The van der Waals surface area contributed by atoms with E-state index in [9.17, 15) is 17.6 Å². The zero-order chi connectivity index (χ0) is 15.6. The van der Waals surface area contributed by atoms with Gasteiger partial charge < -0.3 is 5.11 Å². The molecule has 0 aromatic heterocycles. The Hall–Kier alpha value is -1.60. The summed E-state index contributed by atoms with van der Waals surface area (Å²) in [5.74, 6) is -1.79. The van der Waals surface area contributed by atoms with Crippen molar-refractivity contribution in [2.24, 2.45) is 0 Å². The number of halogens is 2. The minimum Gasteiger partial charge on any atom is -0.478 e. The zero-order valence-electron chi connectivity index (χ0n) is 10.9.